The Labute approximate surface area is 161 Å². The van der Waals surface area contributed by atoms with Gasteiger partial charge in [-0.25, -0.2) is 0 Å². The summed E-state index contributed by atoms with van der Waals surface area (Å²) in [6.07, 6.45) is 17.6. The van der Waals surface area contributed by atoms with Gasteiger partial charge in [-0.1, -0.05) is 52.2 Å². The van der Waals surface area contributed by atoms with Gasteiger partial charge in [-0.3, -0.25) is 0 Å². The summed E-state index contributed by atoms with van der Waals surface area (Å²) in [7, 11) is 0. The Balaban J connectivity index is 1.66. The van der Waals surface area contributed by atoms with E-state index in [9.17, 15) is 5.11 Å². The van der Waals surface area contributed by atoms with Gasteiger partial charge in [0.25, 0.3) is 0 Å². The topological polar surface area (TPSA) is 38.7 Å². The number of aliphatic hydroxyl groups excluding tert-OH is 1. The normalized spacial score (nSPS) is 28.5. The number of ether oxygens (including phenoxy) is 2. The second-order valence-electron chi connectivity index (χ2n) is 9.15. The Kier molecular flexibility index (Phi) is 9.66. The van der Waals surface area contributed by atoms with Crippen LogP contribution in [0.5, 0.6) is 0 Å². The van der Waals surface area contributed by atoms with Crippen molar-refractivity contribution in [1.29, 1.82) is 0 Å². The number of fused-ring (bicyclic) bond motifs is 2. The molecule has 26 heavy (non-hydrogen) atoms. The molecular weight excluding hydrogens is 324 g/mol. The van der Waals surface area contributed by atoms with Crippen LogP contribution >= 0.6 is 0 Å². The molecule has 0 aromatic carbocycles. The molecule has 0 unspecified atom stereocenters. The van der Waals surface area contributed by atoms with Crippen LogP contribution in [0.1, 0.15) is 85.0 Å². The van der Waals surface area contributed by atoms with Gasteiger partial charge in [0, 0.05) is 19.8 Å². The summed E-state index contributed by atoms with van der Waals surface area (Å²) in [5.74, 6) is 1.36. The number of hydrogen-bond donors (Lipinski definition) is 1. The maximum Gasteiger partial charge on any atom is 0.0614 e. The van der Waals surface area contributed by atoms with E-state index >= 15 is 0 Å². The van der Waals surface area contributed by atoms with Crippen molar-refractivity contribution in [2.24, 2.45) is 17.3 Å². The minimum Gasteiger partial charge on any atom is -0.396 e. The molecule has 2 aliphatic rings. The Morgan fingerprint density at radius 2 is 1.81 bits per heavy atom. The van der Waals surface area contributed by atoms with Gasteiger partial charge < -0.3 is 14.6 Å². The third-order valence-corrected chi connectivity index (χ3v) is 6.32. The number of rotatable bonds is 14. The number of aliphatic hydroxyl groups is 1. The zero-order valence-corrected chi connectivity index (χ0v) is 17.4. The Morgan fingerprint density at radius 1 is 1.04 bits per heavy atom. The van der Waals surface area contributed by atoms with E-state index in [1.807, 2.05) is 0 Å². The molecule has 2 bridgehead atoms. The van der Waals surface area contributed by atoms with Crippen molar-refractivity contribution in [2.45, 2.75) is 97.2 Å². The van der Waals surface area contributed by atoms with Crippen LogP contribution in [0.4, 0.5) is 0 Å². The van der Waals surface area contributed by atoms with Crippen LogP contribution in [0.2, 0.25) is 0 Å². The summed E-state index contributed by atoms with van der Waals surface area (Å²) in [6, 6.07) is 0. The third-order valence-electron chi connectivity index (χ3n) is 6.32. The lowest BCUT2D eigenvalue weighted by Crippen LogP contribution is -2.28. The quantitative estimate of drug-likeness (QED) is 0.325. The Morgan fingerprint density at radius 3 is 2.54 bits per heavy atom. The van der Waals surface area contributed by atoms with Crippen LogP contribution in [0.15, 0.2) is 12.2 Å². The molecule has 2 fully saturated rings. The first-order valence-corrected chi connectivity index (χ1v) is 11.1. The first kappa shape index (κ1) is 21.9. The van der Waals surface area contributed by atoms with Crippen LogP contribution in [-0.4, -0.2) is 37.1 Å². The lowest BCUT2D eigenvalue weighted by atomic mass is 9.76. The lowest BCUT2D eigenvalue weighted by molar-refractivity contribution is 0.0752. The van der Waals surface area contributed by atoms with Crippen molar-refractivity contribution in [3.63, 3.8) is 0 Å². The number of allylic oxidation sites excluding steroid dienone is 2. The summed E-state index contributed by atoms with van der Waals surface area (Å²) in [6.45, 7) is 8.59. The molecule has 0 aromatic heterocycles. The van der Waals surface area contributed by atoms with Crippen LogP contribution in [0.25, 0.3) is 0 Å². The zero-order valence-electron chi connectivity index (χ0n) is 17.4. The average Bonchev–Trinajstić information content (AvgIpc) is 3.22. The summed E-state index contributed by atoms with van der Waals surface area (Å²) in [5.41, 5.74) is 0.0386. The predicted octanol–water partition coefficient (Wildman–Crippen LogP) is 5.51. The zero-order chi connectivity index (χ0) is 18.8. The summed E-state index contributed by atoms with van der Waals surface area (Å²) < 4.78 is 12.1. The first-order valence-electron chi connectivity index (χ1n) is 11.1. The molecule has 2 heterocycles. The fourth-order valence-electron chi connectivity index (χ4n) is 4.47. The molecule has 4 atom stereocenters. The molecule has 0 amide bonds. The molecule has 2 rings (SSSR count). The average molecular weight is 367 g/mol. The summed E-state index contributed by atoms with van der Waals surface area (Å²) in [5, 5.41) is 9.34. The van der Waals surface area contributed by atoms with Crippen molar-refractivity contribution >= 4 is 0 Å². The molecule has 0 radical (unpaired) electrons. The van der Waals surface area contributed by atoms with Crippen LogP contribution < -0.4 is 0 Å². The van der Waals surface area contributed by atoms with E-state index in [2.05, 4.69) is 32.9 Å². The molecule has 3 heteroatoms. The maximum atomic E-state index is 9.34. The molecule has 152 valence electrons. The highest BCUT2D eigenvalue weighted by atomic mass is 16.5. The summed E-state index contributed by atoms with van der Waals surface area (Å²) in [4.78, 5) is 0. The van der Waals surface area contributed by atoms with Gasteiger partial charge in [0.05, 0.1) is 12.2 Å². The fourth-order valence-corrected chi connectivity index (χ4v) is 4.47. The van der Waals surface area contributed by atoms with Crippen LogP contribution in [-0.2, 0) is 9.47 Å². The molecule has 3 nitrogen and oxygen atoms in total. The van der Waals surface area contributed by atoms with E-state index in [1.165, 1.54) is 38.5 Å². The van der Waals surface area contributed by atoms with Gasteiger partial charge in [0.2, 0.25) is 0 Å². The van der Waals surface area contributed by atoms with Crippen LogP contribution in [0.3, 0.4) is 0 Å². The third kappa shape index (κ3) is 6.98. The van der Waals surface area contributed by atoms with Crippen molar-refractivity contribution in [1.82, 2.24) is 0 Å². The van der Waals surface area contributed by atoms with Gasteiger partial charge in [0.1, 0.15) is 0 Å². The largest absolute Gasteiger partial charge is 0.396 e. The number of unbranched alkanes of at least 4 members (excludes halogenated alkanes) is 3. The van der Waals surface area contributed by atoms with Crippen LogP contribution in [0, 0.1) is 17.3 Å². The molecule has 2 aliphatic heterocycles. The highest BCUT2D eigenvalue weighted by molar-refractivity contribution is 4.99. The minimum absolute atomic E-state index is 0.0386. The molecule has 1 N–H and O–H groups in total. The minimum atomic E-state index is 0.0386. The van der Waals surface area contributed by atoms with Gasteiger partial charge in [-0.15, -0.1) is 0 Å². The molecule has 0 spiro atoms. The van der Waals surface area contributed by atoms with Crippen molar-refractivity contribution < 1.29 is 14.6 Å². The maximum absolute atomic E-state index is 9.34. The van der Waals surface area contributed by atoms with Gasteiger partial charge in [-0.05, 0) is 62.2 Å². The van der Waals surface area contributed by atoms with Gasteiger partial charge in [0.15, 0.2) is 0 Å². The van der Waals surface area contributed by atoms with E-state index in [0.29, 0.717) is 24.0 Å². The first-order chi connectivity index (χ1) is 12.6. The predicted molar refractivity (Wildman–Crippen MR) is 108 cm³/mol. The number of hydrogen-bond acceptors (Lipinski definition) is 3. The second kappa shape index (κ2) is 11.5. The molecule has 0 aromatic rings. The van der Waals surface area contributed by atoms with E-state index in [-0.39, 0.29) is 12.0 Å². The van der Waals surface area contributed by atoms with E-state index in [1.54, 1.807) is 0 Å². The SMILES string of the molecule is CCCCCCOCC[C@H]1[C@@H](CC=CCCC(C)(C)CO)[C@H]2CC[C@@H]1O2. The van der Waals surface area contributed by atoms with Crippen molar-refractivity contribution in [3.8, 4) is 0 Å². The van der Waals surface area contributed by atoms with E-state index in [0.717, 1.165) is 38.9 Å². The van der Waals surface area contributed by atoms with E-state index in [4.69, 9.17) is 9.47 Å². The van der Waals surface area contributed by atoms with E-state index < -0.39 is 0 Å². The molecule has 2 saturated heterocycles. The van der Waals surface area contributed by atoms with Gasteiger partial charge >= 0.3 is 0 Å². The highest BCUT2D eigenvalue weighted by Gasteiger charge is 2.47. The molecular formula is C23H42O3. The van der Waals surface area contributed by atoms with Crippen molar-refractivity contribution in [2.75, 3.05) is 19.8 Å². The van der Waals surface area contributed by atoms with Crippen molar-refractivity contribution in [3.05, 3.63) is 12.2 Å². The Hall–Kier alpha value is -0.380. The molecule has 0 aliphatic carbocycles. The fraction of sp³-hybridized carbons (Fsp3) is 0.913. The lowest BCUT2D eigenvalue weighted by Gasteiger charge is -2.27. The van der Waals surface area contributed by atoms with Gasteiger partial charge in [-0.2, -0.15) is 0 Å². The standard InChI is InChI=1S/C23H42O3/c1-4-5-6-10-16-25-17-14-20-19(21-12-13-22(20)26-21)11-8-7-9-15-23(2,3)18-24/h7-8,19-22,24H,4-6,9-18H2,1-3H3/t19-,20+,21-,22+/m1/s1. The smallest absolute Gasteiger partial charge is 0.0614 e. The second-order valence-corrected chi connectivity index (χ2v) is 9.15. The Bertz CT molecular complexity index is 404. The highest BCUT2D eigenvalue weighted by Crippen LogP contribution is 2.46. The summed E-state index contributed by atoms with van der Waals surface area (Å²) >= 11 is 0. The molecule has 0 saturated carbocycles. The monoisotopic (exact) mass is 366 g/mol.